The van der Waals surface area contributed by atoms with Gasteiger partial charge in [-0.1, -0.05) is 0 Å². The van der Waals surface area contributed by atoms with E-state index >= 15 is 0 Å². The highest BCUT2D eigenvalue weighted by Crippen LogP contribution is 2.21. The molecule has 0 aliphatic carbocycles. The monoisotopic (exact) mass is 217 g/mol. The minimum Gasteiger partial charge on any atom is -0.384 e. The van der Waals surface area contributed by atoms with Gasteiger partial charge in [0.15, 0.2) is 0 Å². The summed E-state index contributed by atoms with van der Waals surface area (Å²) in [5.74, 6) is 1.47. The lowest BCUT2D eigenvalue weighted by Gasteiger charge is -2.01. The molecule has 15 heavy (non-hydrogen) atoms. The summed E-state index contributed by atoms with van der Waals surface area (Å²) in [6.07, 6.45) is 5.32. The van der Waals surface area contributed by atoms with Crippen LogP contribution in [0.5, 0.6) is 0 Å². The zero-order valence-corrected chi connectivity index (χ0v) is 8.95. The Kier molecular flexibility index (Phi) is 3.19. The van der Waals surface area contributed by atoms with Crippen molar-refractivity contribution in [3.63, 3.8) is 0 Å². The largest absolute Gasteiger partial charge is 0.384 e. The lowest BCUT2D eigenvalue weighted by Crippen LogP contribution is -1.90. The molecule has 0 aromatic carbocycles. The maximum absolute atomic E-state index is 5.60. The fourth-order valence-electron chi connectivity index (χ4n) is 1.19. The first-order valence-corrected chi connectivity index (χ1v) is 5.56. The zero-order valence-electron chi connectivity index (χ0n) is 8.13. The Labute approximate surface area is 92.8 Å². The lowest BCUT2D eigenvalue weighted by molar-refractivity contribution is 1.25. The number of pyridine rings is 2. The van der Waals surface area contributed by atoms with Crippen molar-refractivity contribution in [2.75, 3.05) is 5.73 Å². The summed E-state index contributed by atoms with van der Waals surface area (Å²) in [6.45, 7) is 0. The first kappa shape index (κ1) is 9.98. The summed E-state index contributed by atoms with van der Waals surface area (Å²) in [6, 6.07) is 7.86. The van der Waals surface area contributed by atoms with Gasteiger partial charge in [0.2, 0.25) is 0 Å². The molecule has 2 heterocycles. The third kappa shape index (κ3) is 2.95. The molecule has 2 N–H and O–H groups in total. The van der Waals surface area contributed by atoms with E-state index in [2.05, 4.69) is 9.97 Å². The molecule has 0 radical (unpaired) electrons. The van der Waals surface area contributed by atoms with Crippen LogP contribution in [-0.4, -0.2) is 9.97 Å². The second kappa shape index (κ2) is 4.79. The zero-order chi connectivity index (χ0) is 10.5. The van der Waals surface area contributed by atoms with E-state index in [0.717, 1.165) is 5.75 Å². The molecular formula is C11H11N3S. The minimum atomic E-state index is 0.572. The Bertz CT molecular complexity index is 431. The molecule has 0 saturated carbocycles. The fourth-order valence-corrected chi connectivity index (χ4v) is 2.01. The Balaban J connectivity index is 1.99. The minimum absolute atomic E-state index is 0.572. The van der Waals surface area contributed by atoms with Crippen molar-refractivity contribution in [3.05, 3.63) is 48.4 Å². The SMILES string of the molecule is Nc1cc(CSc2ccncc2)ccn1. The molecule has 0 aliphatic heterocycles. The predicted octanol–water partition coefficient (Wildman–Crippen LogP) is 2.35. The van der Waals surface area contributed by atoms with Crippen LogP contribution in [0.3, 0.4) is 0 Å². The van der Waals surface area contributed by atoms with E-state index in [9.17, 15) is 0 Å². The van der Waals surface area contributed by atoms with E-state index in [1.54, 1.807) is 30.4 Å². The highest BCUT2D eigenvalue weighted by Gasteiger charge is 1.96. The predicted molar refractivity (Wildman–Crippen MR) is 62.4 cm³/mol. The van der Waals surface area contributed by atoms with Crippen molar-refractivity contribution in [1.82, 2.24) is 9.97 Å². The van der Waals surface area contributed by atoms with E-state index < -0.39 is 0 Å². The summed E-state index contributed by atoms with van der Waals surface area (Å²) >= 11 is 1.76. The lowest BCUT2D eigenvalue weighted by atomic mass is 10.3. The Morgan fingerprint density at radius 1 is 1.13 bits per heavy atom. The number of hydrogen-bond donors (Lipinski definition) is 1. The number of nitrogens with zero attached hydrogens (tertiary/aromatic N) is 2. The number of hydrogen-bond acceptors (Lipinski definition) is 4. The van der Waals surface area contributed by atoms with Gasteiger partial charge in [-0.15, -0.1) is 11.8 Å². The van der Waals surface area contributed by atoms with Crippen molar-refractivity contribution < 1.29 is 0 Å². The van der Waals surface area contributed by atoms with Gasteiger partial charge in [-0.05, 0) is 29.8 Å². The molecule has 2 aromatic heterocycles. The smallest absolute Gasteiger partial charge is 0.123 e. The van der Waals surface area contributed by atoms with Crippen molar-refractivity contribution in [1.29, 1.82) is 0 Å². The summed E-state index contributed by atoms with van der Waals surface area (Å²) in [4.78, 5) is 9.13. The van der Waals surface area contributed by atoms with Gasteiger partial charge in [0.05, 0.1) is 0 Å². The van der Waals surface area contributed by atoms with Crippen LogP contribution in [0.25, 0.3) is 0 Å². The molecule has 76 valence electrons. The third-order valence-corrected chi connectivity index (χ3v) is 2.98. The van der Waals surface area contributed by atoms with Crippen molar-refractivity contribution in [2.45, 2.75) is 10.6 Å². The number of nitrogens with two attached hydrogens (primary N) is 1. The molecule has 3 nitrogen and oxygen atoms in total. The molecule has 0 aliphatic rings. The third-order valence-electron chi connectivity index (χ3n) is 1.90. The van der Waals surface area contributed by atoms with Crippen molar-refractivity contribution in [2.24, 2.45) is 0 Å². The molecule has 0 spiro atoms. The quantitative estimate of drug-likeness (QED) is 0.802. The molecular weight excluding hydrogens is 206 g/mol. The van der Waals surface area contributed by atoms with Gasteiger partial charge >= 0.3 is 0 Å². The van der Waals surface area contributed by atoms with Gasteiger partial charge in [0, 0.05) is 29.2 Å². The maximum atomic E-state index is 5.60. The van der Waals surface area contributed by atoms with Gasteiger partial charge in [-0.25, -0.2) is 4.98 Å². The van der Waals surface area contributed by atoms with Crippen LogP contribution in [0.4, 0.5) is 5.82 Å². The maximum Gasteiger partial charge on any atom is 0.123 e. The van der Waals surface area contributed by atoms with E-state index in [0.29, 0.717) is 5.82 Å². The average molecular weight is 217 g/mol. The van der Waals surface area contributed by atoms with Crippen molar-refractivity contribution >= 4 is 17.6 Å². The highest BCUT2D eigenvalue weighted by molar-refractivity contribution is 7.98. The first-order chi connectivity index (χ1) is 7.34. The normalized spacial score (nSPS) is 10.1. The van der Waals surface area contributed by atoms with Gasteiger partial charge in [-0.3, -0.25) is 4.98 Å². The van der Waals surface area contributed by atoms with Crippen LogP contribution >= 0.6 is 11.8 Å². The molecule has 0 unspecified atom stereocenters. The summed E-state index contributed by atoms with van der Waals surface area (Å²) < 4.78 is 0. The van der Waals surface area contributed by atoms with E-state index in [1.807, 2.05) is 24.3 Å². The molecule has 0 fully saturated rings. The molecule has 0 saturated heterocycles. The van der Waals surface area contributed by atoms with E-state index in [1.165, 1.54) is 10.5 Å². The number of thioether (sulfide) groups is 1. The van der Waals surface area contributed by atoms with E-state index in [4.69, 9.17) is 5.73 Å². The first-order valence-electron chi connectivity index (χ1n) is 4.58. The number of anilines is 1. The van der Waals surface area contributed by atoms with Gasteiger partial charge in [0.25, 0.3) is 0 Å². The number of rotatable bonds is 3. The van der Waals surface area contributed by atoms with Crippen LogP contribution in [0.2, 0.25) is 0 Å². The number of aromatic nitrogens is 2. The Morgan fingerprint density at radius 3 is 2.67 bits per heavy atom. The molecule has 0 atom stereocenters. The highest BCUT2D eigenvalue weighted by atomic mass is 32.2. The van der Waals surface area contributed by atoms with Crippen LogP contribution in [-0.2, 0) is 5.75 Å². The summed E-state index contributed by atoms with van der Waals surface area (Å²) in [5, 5.41) is 0. The topological polar surface area (TPSA) is 51.8 Å². The van der Waals surface area contributed by atoms with Crippen LogP contribution in [0.15, 0.2) is 47.8 Å². The second-order valence-corrected chi connectivity index (χ2v) is 4.11. The Morgan fingerprint density at radius 2 is 1.93 bits per heavy atom. The van der Waals surface area contributed by atoms with Crippen LogP contribution in [0.1, 0.15) is 5.56 Å². The van der Waals surface area contributed by atoms with Gasteiger partial charge < -0.3 is 5.73 Å². The molecule has 2 aromatic rings. The molecule has 4 heteroatoms. The van der Waals surface area contributed by atoms with E-state index in [-0.39, 0.29) is 0 Å². The van der Waals surface area contributed by atoms with Gasteiger partial charge in [-0.2, -0.15) is 0 Å². The summed E-state index contributed by atoms with van der Waals surface area (Å²) in [5.41, 5.74) is 6.78. The van der Waals surface area contributed by atoms with Crippen LogP contribution in [0, 0.1) is 0 Å². The standard InChI is InChI=1S/C11H11N3S/c12-11-7-9(1-6-14-11)8-15-10-2-4-13-5-3-10/h1-7H,8H2,(H2,12,14). The number of nitrogen functional groups attached to an aromatic ring is 1. The fraction of sp³-hybridized carbons (Fsp3) is 0.0909. The van der Waals surface area contributed by atoms with Gasteiger partial charge in [0.1, 0.15) is 5.82 Å². The Hall–Kier alpha value is -1.55. The molecule has 0 bridgehead atoms. The average Bonchev–Trinajstić information content (AvgIpc) is 2.28. The molecule has 0 amide bonds. The van der Waals surface area contributed by atoms with Crippen LogP contribution < -0.4 is 5.73 Å². The summed E-state index contributed by atoms with van der Waals surface area (Å²) in [7, 11) is 0. The second-order valence-electron chi connectivity index (χ2n) is 3.06. The molecule has 2 rings (SSSR count). The van der Waals surface area contributed by atoms with Crippen molar-refractivity contribution in [3.8, 4) is 0 Å².